The second kappa shape index (κ2) is 5.21. The van der Waals surface area contributed by atoms with E-state index in [0.717, 1.165) is 22.0 Å². The van der Waals surface area contributed by atoms with Gasteiger partial charge in [0, 0.05) is 5.39 Å². The monoisotopic (exact) mass is 301 g/mol. The fourth-order valence-electron chi connectivity index (χ4n) is 2.12. The molecule has 0 saturated carbocycles. The van der Waals surface area contributed by atoms with Gasteiger partial charge in [-0.2, -0.15) is 5.10 Å². The van der Waals surface area contributed by atoms with Crippen LogP contribution in [0.4, 0.5) is 5.69 Å². The third-order valence-corrected chi connectivity index (χ3v) is 4.45. The zero-order chi connectivity index (χ0) is 14.9. The maximum atomic E-state index is 12.2. The maximum Gasteiger partial charge on any atom is 0.236 e. The number of anilines is 1. The molecule has 0 radical (unpaired) electrons. The van der Waals surface area contributed by atoms with E-state index in [1.165, 1.54) is 0 Å². The number of aromatic nitrogens is 2. The number of fused-ring (bicyclic) bond motifs is 1. The van der Waals surface area contributed by atoms with E-state index < -0.39 is 10.0 Å². The number of hydrogen-bond acceptors (Lipinski definition) is 3. The molecular formula is C15H15N3O2S. The number of nitrogens with zero attached hydrogens (tertiary/aromatic N) is 1. The average molecular weight is 301 g/mol. The molecule has 0 amide bonds. The molecule has 2 N–H and O–H groups in total. The van der Waals surface area contributed by atoms with Crippen LogP contribution in [0.3, 0.4) is 0 Å². The quantitative estimate of drug-likeness (QED) is 0.778. The minimum atomic E-state index is -3.44. The molecule has 1 heterocycles. The summed E-state index contributed by atoms with van der Waals surface area (Å²) in [5.74, 6) is -0.0473. The minimum absolute atomic E-state index is 0.0473. The molecule has 0 atom stereocenters. The summed E-state index contributed by atoms with van der Waals surface area (Å²) >= 11 is 0. The lowest BCUT2D eigenvalue weighted by Gasteiger charge is -2.08. The third kappa shape index (κ3) is 3.22. The Labute approximate surface area is 123 Å². The van der Waals surface area contributed by atoms with Crippen LogP contribution >= 0.6 is 0 Å². The van der Waals surface area contributed by atoms with Crippen molar-refractivity contribution in [2.24, 2.45) is 0 Å². The van der Waals surface area contributed by atoms with Gasteiger partial charge in [-0.3, -0.25) is 9.82 Å². The topological polar surface area (TPSA) is 74.8 Å². The first kappa shape index (κ1) is 13.6. The molecule has 21 heavy (non-hydrogen) atoms. The van der Waals surface area contributed by atoms with Gasteiger partial charge in [0.05, 0.1) is 23.2 Å². The normalized spacial score (nSPS) is 11.7. The molecule has 0 fully saturated rings. The lowest BCUT2D eigenvalue weighted by Crippen LogP contribution is -2.15. The van der Waals surface area contributed by atoms with Crippen molar-refractivity contribution in [2.75, 3.05) is 4.72 Å². The smallest absolute Gasteiger partial charge is 0.236 e. The third-order valence-electron chi connectivity index (χ3n) is 3.19. The highest BCUT2D eigenvalue weighted by Gasteiger charge is 2.12. The highest BCUT2D eigenvalue weighted by Crippen LogP contribution is 2.18. The first-order chi connectivity index (χ1) is 10.0. The summed E-state index contributed by atoms with van der Waals surface area (Å²) in [7, 11) is -3.44. The van der Waals surface area contributed by atoms with Crippen molar-refractivity contribution >= 4 is 26.6 Å². The Hall–Kier alpha value is -2.34. The lowest BCUT2D eigenvalue weighted by molar-refractivity contribution is 0.600. The van der Waals surface area contributed by atoms with Gasteiger partial charge in [0.15, 0.2) is 0 Å². The van der Waals surface area contributed by atoms with Gasteiger partial charge in [0.2, 0.25) is 10.0 Å². The molecule has 1 aromatic heterocycles. The van der Waals surface area contributed by atoms with Crippen LogP contribution in [0.1, 0.15) is 11.1 Å². The van der Waals surface area contributed by atoms with E-state index in [0.29, 0.717) is 5.69 Å². The molecule has 0 bridgehead atoms. The van der Waals surface area contributed by atoms with Crippen LogP contribution in [0.25, 0.3) is 10.9 Å². The number of aryl methyl sites for hydroxylation is 1. The van der Waals surface area contributed by atoms with E-state index in [-0.39, 0.29) is 5.75 Å². The van der Waals surface area contributed by atoms with E-state index in [9.17, 15) is 8.42 Å². The van der Waals surface area contributed by atoms with E-state index in [2.05, 4.69) is 14.9 Å². The molecule has 0 spiro atoms. The molecule has 0 saturated heterocycles. The second-order valence-corrected chi connectivity index (χ2v) is 6.74. The summed E-state index contributed by atoms with van der Waals surface area (Å²) in [5.41, 5.74) is 3.19. The van der Waals surface area contributed by atoms with Gasteiger partial charge >= 0.3 is 0 Å². The van der Waals surface area contributed by atoms with Crippen molar-refractivity contribution in [1.29, 1.82) is 0 Å². The van der Waals surface area contributed by atoms with Crippen LogP contribution < -0.4 is 4.72 Å². The largest absolute Gasteiger partial charge is 0.283 e. The summed E-state index contributed by atoms with van der Waals surface area (Å²) in [4.78, 5) is 0. The molecular weight excluding hydrogens is 286 g/mol. The molecule has 0 aliphatic rings. The van der Waals surface area contributed by atoms with Gasteiger partial charge in [0.25, 0.3) is 0 Å². The van der Waals surface area contributed by atoms with Crippen molar-refractivity contribution in [3.63, 3.8) is 0 Å². The van der Waals surface area contributed by atoms with Crippen molar-refractivity contribution in [2.45, 2.75) is 12.7 Å². The number of nitrogens with one attached hydrogen (secondary N) is 2. The van der Waals surface area contributed by atoms with E-state index >= 15 is 0 Å². The van der Waals surface area contributed by atoms with Gasteiger partial charge in [-0.25, -0.2) is 8.42 Å². The van der Waals surface area contributed by atoms with Crippen LogP contribution in [0.15, 0.2) is 48.7 Å². The Balaban J connectivity index is 1.80. The van der Waals surface area contributed by atoms with Gasteiger partial charge in [-0.1, -0.05) is 29.8 Å². The standard InChI is InChI=1S/C15H15N3O2S/c1-11-2-4-12(5-3-11)10-21(19,20)18-14-7-6-13-9-16-17-15(13)8-14/h2-9,18H,10H2,1H3,(H,16,17). The summed E-state index contributed by atoms with van der Waals surface area (Å²) in [6, 6.07) is 12.7. The van der Waals surface area contributed by atoms with E-state index in [4.69, 9.17) is 0 Å². The maximum absolute atomic E-state index is 12.2. The van der Waals surface area contributed by atoms with Gasteiger partial charge in [-0.15, -0.1) is 0 Å². The number of aromatic amines is 1. The number of benzene rings is 2. The Morgan fingerprint density at radius 1 is 1.14 bits per heavy atom. The summed E-state index contributed by atoms with van der Waals surface area (Å²) < 4.78 is 27.0. The summed E-state index contributed by atoms with van der Waals surface area (Å²) in [6.45, 7) is 1.97. The number of rotatable bonds is 4. The highest BCUT2D eigenvalue weighted by atomic mass is 32.2. The van der Waals surface area contributed by atoms with Gasteiger partial charge in [-0.05, 0) is 30.7 Å². The van der Waals surface area contributed by atoms with E-state index in [1.807, 2.05) is 37.3 Å². The van der Waals surface area contributed by atoms with Crippen molar-refractivity contribution < 1.29 is 8.42 Å². The van der Waals surface area contributed by atoms with Crippen LogP contribution in [-0.4, -0.2) is 18.6 Å². The van der Waals surface area contributed by atoms with Crippen LogP contribution in [-0.2, 0) is 15.8 Å². The van der Waals surface area contributed by atoms with Crippen molar-refractivity contribution in [3.05, 3.63) is 59.8 Å². The van der Waals surface area contributed by atoms with Crippen molar-refractivity contribution in [3.8, 4) is 0 Å². The molecule has 0 aliphatic heterocycles. The molecule has 108 valence electrons. The summed E-state index contributed by atoms with van der Waals surface area (Å²) in [6.07, 6.45) is 1.69. The zero-order valence-electron chi connectivity index (χ0n) is 11.5. The fraction of sp³-hybridized carbons (Fsp3) is 0.133. The fourth-order valence-corrected chi connectivity index (χ4v) is 3.31. The van der Waals surface area contributed by atoms with Crippen LogP contribution in [0.5, 0.6) is 0 Å². The molecule has 0 unspecified atom stereocenters. The molecule has 0 aliphatic carbocycles. The highest BCUT2D eigenvalue weighted by molar-refractivity contribution is 7.91. The predicted octanol–water partition coefficient (Wildman–Crippen LogP) is 2.81. The zero-order valence-corrected chi connectivity index (χ0v) is 12.3. The first-order valence-corrected chi connectivity index (χ1v) is 8.16. The number of H-pyrrole nitrogens is 1. The average Bonchev–Trinajstić information content (AvgIpc) is 2.88. The summed E-state index contributed by atoms with van der Waals surface area (Å²) in [5, 5.41) is 7.67. The van der Waals surface area contributed by atoms with Gasteiger partial charge < -0.3 is 0 Å². The van der Waals surface area contributed by atoms with Crippen LogP contribution in [0.2, 0.25) is 0 Å². The second-order valence-electron chi connectivity index (χ2n) is 5.02. The number of sulfonamides is 1. The minimum Gasteiger partial charge on any atom is -0.283 e. The molecule has 3 aromatic rings. The number of hydrogen-bond donors (Lipinski definition) is 2. The SMILES string of the molecule is Cc1ccc(CS(=O)(=O)Nc2ccc3cn[nH]c3c2)cc1. The molecule has 5 nitrogen and oxygen atoms in total. The van der Waals surface area contributed by atoms with Gasteiger partial charge in [0.1, 0.15) is 0 Å². The Morgan fingerprint density at radius 2 is 1.90 bits per heavy atom. The Morgan fingerprint density at radius 3 is 2.67 bits per heavy atom. The molecule has 2 aromatic carbocycles. The molecule has 3 rings (SSSR count). The van der Waals surface area contributed by atoms with E-state index in [1.54, 1.807) is 18.3 Å². The lowest BCUT2D eigenvalue weighted by atomic mass is 10.2. The first-order valence-electron chi connectivity index (χ1n) is 6.51. The predicted molar refractivity (Wildman–Crippen MR) is 83.5 cm³/mol. The van der Waals surface area contributed by atoms with Crippen LogP contribution in [0, 0.1) is 6.92 Å². The Kier molecular flexibility index (Phi) is 3.39. The molecule has 6 heteroatoms. The van der Waals surface area contributed by atoms with Crippen molar-refractivity contribution in [1.82, 2.24) is 10.2 Å². The Bertz CT molecular complexity index is 867.